The number of benzene rings is 1. The Labute approximate surface area is 102 Å². The molecular weight excluding hydrogens is 216 g/mol. The summed E-state index contributed by atoms with van der Waals surface area (Å²) in [5.41, 5.74) is 4.47. The summed E-state index contributed by atoms with van der Waals surface area (Å²) >= 11 is 1.95. The second-order valence-electron chi connectivity index (χ2n) is 4.86. The lowest BCUT2D eigenvalue weighted by Crippen LogP contribution is -2.40. The van der Waals surface area contributed by atoms with Crippen molar-refractivity contribution in [3.63, 3.8) is 0 Å². The van der Waals surface area contributed by atoms with Gasteiger partial charge in [-0.1, -0.05) is 32.0 Å². The molecule has 0 bridgehead atoms. The van der Waals surface area contributed by atoms with Crippen LogP contribution in [0.4, 0.5) is 0 Å². The van der Waals surface area contributed by atoms with Crippen LogP contribution in [0.5, 0.6) is 0 Å². The lowest BCUT2D eigenvalue weighted by Gasteiger charge is -2.24. The van der Waals surface area contributed by atoms with Crippen molar-refractivity contribution in [2.45, 2.75) is 37.1 Å². The Kier molecular flexibility index (Phi) is 3.90. The molecule has 88 valence electrons. The Morgan fingerprint density at radius 3 is 2.88 bits per heavy atom. The molecule has 2 unspecified atom stereocenters. The molecule has 0 spiro atoms. The quantitative estimate of drug-likeness (QED) is 0.623. The number of hydrazine groups is 1. The lowest BCUT2D eigenvalue weighted by molar-refractivity contribution is 0.385. The zero-order valence-electron chi connectivity index (χ0n) is 9.94. The maximum Gasteiger partial charge on any atom is 0.0290 e. The number of rotatable bonds is 4. The van der Waals surface area contributed by atoms with Crippen LogP contribution in [0.3, 0.4) is 0 Å². The summed E-state index contributed by atoms with van der Waals surface area (Å²) in [6.07, 6.45) is 1.13. The third-order valence-corrected chi connectivity index (χ3v) is 4.37. The Morgan fingerprint density at radius 1 is 1.44 bits per heavy atom. The Hall–Kier alpha value is -0.510. The van der Waals surface area contributed by atoms with Crippen LogP contribution >= 0.6 is 11.8 Å². The summed E-state index contributed by atoms with van der Waals surface area (Å²) in [4.78, 5) is 1.43. The van der Waals surface area contributed by atoms with E-state index in [4.69, 9.17) is 5.84 Å². The predicted octanol–water partition coefficient (Wildman–Crippen LogP) is 2.75. The number of thioether (sulfide) groups is 1. The lowest BCUT2D eigenvalue weighted by atomic mass is 9.88. The Balaban J connectivity index is 2.16. The molecule has 1 aliphatic rings. The summed E-state index contributed by atoms with van der Waals surface area (Å²) < 4.78 is 0. The number of fused-ring (bicyclic) bond motifs is 1. The van der Waals surface area contributed by atoms with E-state index >= 15 is 0 Å². The van der Waals surface area contributed by atoms with Crippen LogP contribution in [-0.4, -0.2) is 11.8 Å². The molecule has 3 N–H and O–H groups in total. The Bertz CT molecular complexity index is 352. The van der Waals surface area contributed by atoms with E-state index in [0.29, 0.717) is 17.9 Å². The normalized spacial score (nSPS) is 21.1. The molecule has 1 heterocycles. The molecule has 2 rings (SSSR count). The van der Waals surface area contributed by atoms with Crippen LogP contribution < -0.4 is 11.3 Å². The second-order valence-corrected chi connectivity index (χ2v) is 5.92. The van der Waals surface area contributed by atoms with Gasteiger partial charge in [-0.25, -0.2) is 0 Å². The smallest absolute Gasteiger partial charge is 0.0290 e. The fourth-order valence-corrected chi connectivity index (χ4v) is 3.71. The number of hydrogen-bond acceptors (Lipinski definition) is 3. The average molecular weight is 236 g/mol. The molecule has 0 aromatic heterocycles. The van der Waals surface area contributed by atoms with E-state index < -0.39 is 0 Å². The number of nitrogens with one attached hydrogen (secondary N) is 1. The van der Waals surface area contributed by atoms with Gasteiger partial charge < -0.3 is 0 Å². The van der Waals surface area contributed by atoms with Gasteiger partial charge in [0.25, 0.3) is 0 Å². The molecule has 1 aromatic carbocycles. The topological polar surface area (TPSA) is 38.0 Å². The molecule has 0 radical (unpaired) electrons. The SMILES string of the molecule is CC(C)CC(NN)C1CSc2ccccc21. The highest BCUT2D eigenvalue weighted by Crippen LogP contribution is 2.41. The van der Waals surface area contributed by atoms with Crippen molar-refractivity contribution in [2.75, 3.05) is 5.75 Å². The summed E-state index contributed by atoms with van der Waals surface area (Å²) in [5, 5.41) is 0. The molecule has 16 heavy (non-hydrogen) atoms. The molecule has 3 heteroatoms. The predicted molar refractivity (Wildman–Crippen MR) is 70.5 cm³/mol. The minimum absolute atomic E-state index is 0.399. The van der Waals surface area contributed by atoms with Crippen molar-refractivity contribution in [2.24, 2.45) is 11.8 Å². The number of hydrogen-bond donors (Lipinski definition) is 2. The van der Waals surface area contributed by atoms with Crippen molar-refractivity contribution in [3.05, 3.63) is 29.8 Å². The molecule has 2 atom stereocenters. The van der Waals surface area contributed by atoms with Gasteiger partial charge in [0.2, 0.25) is 0 Å². The van der Waals surface area contributed by atoms with Crippen LogP contribution in [0, 0.1) is 5.92 Å². The first kappa shape index (κ1) is 12.0. The highest BCUT2D eigenvalue weighted by Gasteiger charge is 2.29. The van der Waals surface area contributed by atoms with E-state index in [9.17, 15) is 0 Å². The third kappa shape index (κ3) is 2.42. The minimum atomic E-state index is 0.399. The summed E-state index contributed by atoms with van der Waals surface area (Å²) in [5.74, 6) is 8.10. The zero-order chi connectivity index (χ0) is 11.5. The van der Waals surface area contributed by atoms with Crippen molar-refractivity contribution in [3.8, 4) is 0 Å². The zero-order valence-corrected chi connectivity index (χ0v) is 10.8. The minimum Gasteiger partial charge on any atom is -0.271 e. The molecule has 0 aliphatic carbocycles. The van der Waals surface area contributed by atoms with Gasteiger partial charge in [0, 0.05) is 22.6 Å². The largest absolute Gasteiger partial charge is 0.271 e. The van der Waals surface area contributed by atoms with Gasteiger partial charge in [0.1, 0.15) is 0 Å². The molecule has 1 aromatic rings. The molecule has 0 saturated heterocycles. The van der Waals surface area contributed by atoms with Gasteiger partial charge in [-0.05, 0) is 24.0 Å². The molecule has 0 saturated carbocycles. The molecule has 0 amide bonds. The van der Waals surface area contributed by atoms with Crippen molar-refractivity contribution in [1.82, 2.24) is 5.43 Å². The van der Waals surface area contributed by atoms with Gasteiger partial charge in [0.05, 0.1) is 0 Å². The first-order valence-corrected chi connectivity index (χ1v) is 6.88. The standard InChI is InChI=1S/C13H20N2S/c1-9(2)7-12(15-14)11-8-16-13-6-4-3-5-10(11)13/h3-6,9,11-12,15H,7-8,14H2,1-2H3. The maximum atomic E-state index is 5.70. The highest BCUT2D eigenvalue weighted by atomic mass is 32.2. The van der Waals surface area contributed by atoms with E-state index in [-0.39, 0.29) is 0 Å². The summed E-state index contributed by atoms with van der Waals surface area (Å²) in [6, 6.07) is 9.09. The van der Waals surface area contributed by atoms with E-state index in [1.54, 1.807) is 0 Å². The van der Waals surface area contributed by atoms with Crippen molar-refractivity contribution in [1.29, 1.82) is 0 Å². The summed E-state index contributed by atoms with van der Waals surface area (Å²) in [7, 11) is 0. The Morgan fingerprint density at radius 2 is 2.19 bits per heavy atom. The monoisotopic (exact) mass is 236 g/mol. The maximum absolute atomic E-state index is 5.70. The van der Waals surface area contributed by atoms with Crippen LogP contribution in [0.25, 0.3) is 0 Å². The van der Waals surface area contributed by atoms with Gasteiger partial charge in [-0.2, -0.15) is 0 Å². The second kappa shape index (κ2) is 5.21. The van der Waals surface area contributed by atoms with Crippen molar-refractivity contribution < 1.29 is 0 Å². The fraction of sp³-hybridized carbons (Fsp3) is 0.538. The van der Waals surface area contributed by atoms with E-state index in [1.807, 2.05) is 11.8 Å². The fourth-order valence-electron chi connectivity index (χ4n) is 2.38. The van der Waals surface area contributed by atoms with Crippen molar-refractivity contribution >= 4 is 11.8 Å². The van der Waals surface area contributed by atoms with Gasteiger partial charge in [-0.3, -0.25) is 11.3 Å². The molecule has 1 aliphatic heterocycles. The molecule has 0 fully saturated rings. The van der Waals surface area contributed by atoms with E-state index in [0.717, 1.165) is 12.2 Å². The average Bonchev–Trinajstić information content (AvgIpc) is 2.69. The first-order chi connectivity index (χ1) is 7.72. The molecular formula is C13H20N2S. The number of nitrogens with two attached hydrogens (primary N) is 1. The van der Waals surface area contributed by atoms with Gasteiger partial charge >= 0.3 is 0 Å². The van der Waals surface area contributed by atoms with Crippen LogP contribution in [0.2, 0.25) is 0 Å². The van der Waals surface area contributed by atoms with Crippen LogP contribution in [0.15, 0.2) is 29.2 Å². The van der Waals surface area contributed by atoms with E-state index in [2.05, 4.69) is 43.5 Å². The van der Waals surface area contributed by atoms with Gasteiger partial charge in [0.15, 0.2) is 0 Å². The summed E-state index contributed by atoms with van der Waals surface area (Å²) in [6.45, 7) is 4.50. The molecule has 2 nitrogen and oxygen atoms in total. The van der Waals surface area contributed by atoms with Gasteiger partial charge in [-0.15, -0.1) is 11.8 Å². The highest BCUT2D eigenvalue weighted by molar-refractivity contribution is 7.99. The van der Waals surface area contributed by atoms with Crippen LogP contribution in [-0.2, 0) is 0 Å². The van der Waals surface area contributed by atoms with Crippen LogP contribution in [0.1, 0.15) is 31.7 Å². The van der Waals surface area contributed by atoms with E-state index in [1.165, 1.54) is 10.5 Å². The first-order valence-electron chi connectivity index (χ1n) is 5.90. The third-order valence-electron chi connectivity index (χ3n) is 3.16.